The Hall–Kier alpha value is 0.836. The zero-order valence-electron chi connectivity index (χ0n) is 1.99. The van der Waals surface area contributed by atoms with E-state index in [0.29, 0.717) is 0 Å². The number of hydrogen-bond donors (Lipinski definition) is 0. The average Bonchev–Trinajstić information content (AvgIpc) is 0.722. The van der Waals surface area contributed by atoms with Crippen LogP contribution >= 0.6 is 0 Å². The molecule has 0 N–H and O–H groups in total. The van der Waals surface area contributed by atoms with Gasteiger partial charge in [0.2, 0.25) is 0 Å². The molecule has 0 aliphatic carbocycles. The van der Waals surface area contributed by atoms with Crippen molar-refractivity contribution in [3.63, 3.8) is 0 Å². The molecule has 0 aromatic heterocycles. The normalized spacial score (nSPS) is 9.33. The first-order valence-electron chi connectivity index (χ1n) is 0.577. The summed E-state index contributed by atoms with van der Waals surface area (Å²) in [4.78, 5) is 0. The molecule has 0 spiro atoms. The Labute approximate surface area is 58.2 Å². The molecule has 0 saturated carbocycles. The van der Waals surface area contributed by atoms with Crippen molar-refractivity contribution in [1.82, 2.24) is 0 Å². The van der Waals surface area contributed by atoms with Crippen molar-refractivity contribution in [2.45, 2.75) is 0 Å². The fourth-order valence-corrected chi connectivity index (χ4v) is 0. The van der Waals surface area contributed by atoms with Crippen molar-refractivity contribution in [2.75, 3.05) is 0 Å². The van der Waals surface area contributed by atoms with Gasteiger partial charge in [0.15, 0.2) is 0 Å². The predicted octanol–water partition coefficient (Wildman–Crippen LogP) is -1.13. The van der Waals surface area contributed by atoms with E-state index in [9.17, 15) is 0 Å². The zero-order valence-corrected chi connectivity index (χ0v) is 4.53. The van der Waals surface area contributed by atoms with Crippen molar-refractivity contribution in [1.29, 1.82) is 0 Å². The van der Waals surface area contributed by atoms with E-state index in [1.165, 1.54) is 0 Å². The zero-order chi connectivity index (χ0) is 4.50. The Morgan fingerprint density at radius 2 is 0.833 bits per heavy atom. The molecule has 0 rings (SSSR count). The minimum absolute atomic E-state index is 0. The maximum absolute atomic E-state index is 8.63. The molecule has 0 aromatic carbocycles. The summed E-state index contributed by atoms with van der Waals surface area (Å²) in [5.41, 5.74) is 0. The standard InChI is InChI=1S/Na.4O.Os.H. The van der Waals surface area contributed by atoms with E-state index in [1.807, 2.05) is 0 Å². The van der Waals surface area contributed by atoms with Crippen LogP contribution in [0.4, 0.5) is 0 Å². The van der Waals surface area contributed by atoms with Gasteiger partial charge in [-0.2, -0.15) is 0 Å². The number of hydrogen-bond acceptors (Lipinski definition) is 4. The van der Waals surface area contributed by atoms with Gasteiger partial charge in [0.05, 0.1) is 0 Å². The molecule has 0 amide bonds. The quantitative estimate of drug-likeness (QED) is 0.526. The van der Waals surface area contributed by atoms with Crippen LogP contribution in [0.3, 0.4) is 0 Å². The van der Waals surface area contributed by atoms with Crippen LogP contribution in [0.5, 0.6) is 0 Å². The van der Waals surface area contributed by atoms with Crippen molar-refractivity contribution in [2.24, 2.45) is 0 Å². The van der Waals surface area contributed by atoms with Gasteiger partial charge in [0.25, 0.3) is 0 Å². The maximum atomic E-state index is 8.63. The summed E-state index contributed by atoms with van der Waals surface area (Å²) in [6, 6.07) is 0. The summed E-state index contributed by atoms with van der Waals surface area (Å²) >= 11 is -6.06. The second-order valence-electron chi connectivity index (χ2n) is 0.354. The third-order valence-corrected chi connectivity index (χ3v) is 0. The van der Waals surface area contributed by atoms with Crippen LogP contribution < -0.4 is 0 Å². The molecule has 34 valence electrons. The molecule has 0 unspecified atom stereocenters. The molecule has 0 heterocycles. The van der Waals surface area contributed by atoms with Crippen molar-refractivity contribution in [3.8, 4) is 0 Å². The fourth-order valence-electron chi connectivity index (χ4n) is 0. The summed E-state index contributed by atoms with van der Waals surface area (Å²) in [5, 5.41) is 0. The van der Waals surface area contributed by atoms with Gasteiger partial charge in [-0.3, -0.25) is 0 Å². The van der Waals surface area contributed by atoms with E-state index in [4.69, 9.17) is 14.2 Å². The molecule has 0 bridgehead atoms. The Balaban J connectivity index is 0. The van der Waals surface area contributed by atoms with Crippen molar-refractivity contribution < 1.29 is 29.0 Å². The molecule has 0 radical (unpaired) electrons. The van der Waals surface area contributed by atoms with Gasteiger partial charge in [-0.05, 0) is 0 Å². The van der Waals surface area contributed by atoms with Gasteiger partial charge in [-0.15, -0.1) is 0 Å². The molecular formula is HNaO4Os. The van der Waals surface area contributed by atoms with Gasteiger partial charge in [0.1, 0.15) is 0 Å². The van der Waals surface area contributed by atoms with Gasteiger partial charge in [0, 0.05) is 0 Å². The molecule has 0 aliphatic heterocycles. The molecule has 0 aromatic rings. The third-order valence-electron chi connectivity index (χ3n) is 0. The molecule has 6 heavy (non-hydrogen) atoms. The molecule has 6 heteroatoms. The van der Waals surface area contributed by atoms with E-state index < -0.39 is 14.8 Å². The van der Waals surface area contributed by atoms with Crippen molar-refractivity contribution >= 4 is 29.6 Å². The minimum atomic E-state index is -6.06. The first-order valence-corrected chi connectivity index (χ1v) is 4.73. The van der Waals surface area contributed by atoms with Crippen LogP contribution in [-0.2, 0) is 29.0 Å². The SMILES string of the molecule is [NaH].[O]=[Os](=[O])(=[O])=[O]. The van der Waals surface area contributed by atoms with Crippen LogP contribution in [0.1, 0.15) is 0 Å². The van der Waals surface area contributed by atoms with Crippen LogP contribution in [0, 0.1) is 0 Å². The average molecular weight is 278 g/mol. The van der Waals surface area contributed by atoms with Crippen LogP contribution in [0.2, 0.25) is 0 Å². The van der Waals surface area contributed by atoms with Crippen LogP contribution in [0.25, 0.3) is 0 Å². The van der Waals surface area contributed by atoms with Gasteiger partial charge < -0.3 is 0 Å². The van der Waals surface area contributed by atoms with Crippen LogP contribution in [-0.4, -0.2) is 29.6 Å². The first kappa shape index (κ1) is 9.96. The third kappa shape index (κ3) is 102. The van der Waals surface area contributed by atoms with Crippen molar-refractivity contribution in [3.05, 3.63) is 0 Å². The summed E-state index contributed by atoms with van der Waals surface area (Å²) in [5.74, 6) is 0. The molecule has 0 atom stereocenters. The Morgan fingerprint density at radius 1 is 0.833 bits per heavy atom. The first-order chi connectivity index (χ1) is 2.00. The van der Waals surface area contributed by atoms with Gasteiger partial charge in [-0.25, -0.2) is 0 Å². The van der Waals surface area contributed by atoms with E-state index in [1.54, 1.807) is 0 Å². The number of rotatable bonds is 0. The summed E-state index contributed by atoms with van der Waals surface area (Å²) in [7, 11) is 0. The Bertz CT molecular complexity index is 159. The predicted molar refractivity (Wildman–Crippen MR) is 9.89 cm³/mol. The molecule has 0 saturated heterocycles. The Kier molecular flexibility index (Phi) is 4.85. The van der Waals surface area contributed by atoms with Gasteiger partial charge >= 0.3 is 58.6 Å². The molecule has 0 fully saturated rings. The summed E-state index contributed by atoms with van der Waals surface area (Å²) in [6.45, 7) is 0. The van der Waals surface area contributed by atoms with E-state index in [-0.39, 0.29) is 29.6 Å². The fraction of sp³-hybridized carbons (Fsp3) is 0. The Morgan fingerprint density at radius 3 is 0.833 bits per heavy atom. The molecular weight excluding hydrogens is 277 g/mol. The van der Waals surface area contributed by atoms with E-state index in [0.717, 1.165) is 0 Å². The summed E-state index contributed by atoms with van der Waals surface area (Å²) in [6.07, 6.45) is 0. The second kappa shape index (κ2) is 2.92. The van der Waals surface area contributed by atoms with Gasteiger partial charge in [-0.1, -0.05) is 0 Å². The van der Waals surface area contributed by atoms with Crippen LogP contribution in [0.15, 0.2) is 0 Å². The monoisotopic (exact) mass is 280 g/mol. The van der Waals surface area contributed by atoms with E-state index >= 15 is 0 Å². The van der Waals surface area contributed by atoms with E-state index in [2.05, 4.69) is 0 Å². The molecule has 0 aliphatic rings. The topological polar surface area (TPSA) is 68.3 Å². The molecule has 4 nitrogen and oxygen atoms in total. The second-order valence-corrected chi connectivity index (χ2v) is 2.89. The summed E-state index contributed by atoms with van der Waals surface area (Å²) < 4.78 is 34.5.